The average molecular weight is 1020 g/mol. The molecule has 14 heteroatoms. The minimum Gasteiger partial charge on any atom is -0.368 e. The Balaban J connectivity index is 1.09. The van der Waals surface area contributed by atoms with Crippen LogP contribution in [-0.2, 0) is 84.0 Å². The molecule has 4 aliphatic rings. The number of hydrogen-bond donors (Lipinski definition) is 0. The van der Waals surface area contributed by atoms with Gasteiger partial charge in [0.1, 0.15) is 36.6 Å². The van der Waals surface area contributed by atoms with Crippen LogP contribution in [0.4, 0.5) is 0 Å². The van der Waals surface area contributed by atoms with Crippen molar-refractivity contribution in [3.63, 3.8) is 0 Å². The zero-order valence-corrected chi connectivity index (χ0v) is 41.8. The Hall–Kier alpha value is -5.10. The van der Waals surface area contributed by atoms with Gasteiger partial charge in [-0.2, -0.15) is 0 Å². The Morgan fingerprint density at radius 1 is 0.375 bits per heavy atom. The van der Waals surface area contributed by atoms with Crippen molar-refractivity contribution in [1.82, 2.24) is 0 Å². The van der Waals surface area contributed by atoms with E-state index in [2.05, 4.69) is 0 Å². The van der Waals surface area contributed by atoms with E-state index in [1.807, 2.05) is 121 Å². The maximum atomic E-state index is 14.1. The Kier molecular flexibility index (Phi) is 15.8. The van der Waals surface area contributed by atoms with Crippen molar-refractivity contribution in [3.05, 3.63) is 204 Å². The quantitative estimate of drug-likeness (QED) is 0.0810. The lowest BCUT2D eigenvalue weighted by Gasteiger charge is -2.63. The third-order valence-electron chi connectivity index (χ3n) is 14.1. The molecule has 3 aliphatic heterocycles. The molecule has 6 aromatic rings. The Labute approximate surface area is 423 Å². The largest absolute Gasteiger partial charge is 0.368 e. The lowest BCUT2D eigenvalue weighted by molar-refractivity contribution is -0.511. The monoisotopic (exact) mass is 1010 g/mol. The summed E-state index contributed by atoms with van der Waals surface area (Å²) in [6.07, 6.45) is -4.75. The first kappa shape index (κ1) is 50.4. The van der Waals surface area contributed by atoms with Crippen LogP contribution in [0.5, 0.6) is 0 Å². The SMILES string of the molecule is O=S(=O)(C[C@H]1CCC[C@@]2(O1)O[C@H]1[C@H](OCc3ccccc3)[C@@H](OCc3ccccc3)[C@H](OCc3ccccc3)[C@H](OCc3ccccc3)[C@@H]1O[C@]21CCC[C@H](CS(=O)(=O)c2ccccc2)O1)c1ccccc1. The number of ether oxygens (including phenoxy) is 8. The molecule has 0 bridgehead atoms. The van der Waals surface area contributed by atoms with Crippen molar-refractivity contribution in [2.24, 2.45) is 0 Å². The summed E-state index contributed by atoms with van der Waals surface area (Å²) in [5.41, 5.74) is 3.71. The summed E-state index contributed by atoms with van der Waals surface area (Å²) in [6.45, 7) is 0.767. The van der Waals surface area contributed by atoms with Gasteiger partial charge >= 0.3 is 0 Å². The van der Waals surface area contributed by atoms with E-state index in [1.54, 1.807) is 60.7 Å². The molecular formula is C58H62O12S2. The summed E-state index contributed by atoms with van der Waals surface area (Å²) < 4.78 is 115. The van der Waals surface area contributed by atoms with Gasteiger partial charge in [0.25, 0.3) is 0 Å². The third kappa shape index (κ3) is 11.5. The predicted molar refractivity (Wildman–Crippen MR) is 270 cm³/mol. The predicted octanol–water partition coefficient (Wildman–Crippen LogP) is 9.60. The van der Waals surface area contributed by atoms with Gasteiger partial charge < -0.3 is 37.9 Å². The highest BCUT2D eigenvalue weighted by Gasteiger charge is 2.70. The molecule has 1 saturated carbocycles. The molecule has 0 unspecified atom stereocenters. The highest BCUT2D eigenvalue weighted by molar-refractivity contribution is 7.91. The molecule has 3 saturated heterocycles. The molecule has 10 rings (SSSR count). The number of benzene rings is 6. The fraction of sp³-hybridized carbons (Fsp3) is 0.379. The van der Waals surface area contributed by atoms with E-state index in [4.69, 9.17) is 37.9 Å². The van der Waals surface area contributed by atoms with Gasteiger partial charge in [0.05, 0.1) is 59.9 Å². The van der Waals surface area contributed by atoms with Crippen LogP contribution < -0.4 is 0 Å². The van der Waals surface area contributed by atoms with Crippen LogP contribution in [0, 0.1) is 0 Å². The van der Waals surface area contributed by atoms with Crippen molar-refractivity contribution in [1.29, 1.82) is 0 Å². The van der Waals surface area contributed by atoms with E-state index < -0.39 is 80.1 Å². The topological polar surface area (TPSA) is 142 Å². The molecule has 378 valence electrons. The van der Waals surface area contributed by atoms with Gasteiger partial charge in [-0.1, -0.05) is 158 Å². The second-order valence-electron chi connectivity index (χ2n) is 19.2. The third-order valence-corrected chi connectivity index (χ3v) is 17.7. The lowest BCUT2D eigenvalue weighted by Crippen LogP contribution is -2.78. The first-order valence-corrected chi connectivity index (χ1v) is 28.3. The molecule has 0 radical (unpaired) electrons. The minimum absolute atomic E-state index is 0.178. The van der Waals surface area contributed by atoms with E-state index in [0.29, 0.717) is 25.7 Å². The maximum absolute atomic E-state index is 14.1. The molecule has 0 amide bonds. The highest BCUT2D eigenvalue weighted by atomic mass is 32.2. The van der Waals surface area contributed by atoms with Crippen molar-refractivity contribution in [3.8, 4) is 0 Å². The normalized spacial score (nSPS) is 28.6. The summed E-state index contributed by atoms with van der Waals surface area (Å²) in [7, 11) is -7.68. The Morgan fingerprint density at radius 3 is 0.958 bits per heavy atom. The summed E-state index contributed by atoms with van der Waals surface area (Å²) in [5.74, 6) is -4.13. The van der Waals surface area contributed by atoms with Crippen LogP contribution >= 0.6 is 0 Å². The van der Waals surface area contributed by atoms with Gasteiger partial charge in [-0.15, -0.1) is 0 Å². The van der Waals surface area contributed by atoms with Crippen molar-refractivity contribution < 1.29 is 54.7 Å². The molecule has 72 heavy (non-hydrogen) atoms. The fourth-order valence-corrected chi connectivity index (χ4v) is 13.6. The van der Waals surface area contributed by atoms with Gasteiger partial charge in [0.2, 0.25) is 11.6 Å². The van der Waals surface area contributed by atoms with Gasteiger partial charge in [-0.25, -0.2) is 16.8 Å². The van der Waals surface area contributed by atoms with Crippen molar-refractivity contribution in [2.75, 3.05) is 11.5 Å². The van der Waals surface area contributed by atoms with Gasteiger partial charge in [-0.05, 0) is 72.2 Å². The smallest absolute Gasteiger partial charge is 0.224 e. The van der Waals surface area contributed by atoms with Crippen LogP contribution in [0.25, 0.3) is 0 Å². The number of sulfone groups is 2. The molecule has 3 heterocycles. The summed E-state index contributed by atoms with van der Waals surface area (Å²) >= 11 is 0. The number of fused-ring (bicyclic) bond motifs is 2. The lowest BCUT2D eigenvalue weighted by atomic mass is 9.79. The summed E-state index contributed by atoms with van der Waals surface area (Å²) in [6, 6.07) is 56.2. The van der Waals surface area contributed by atoms with Crippen LogP contribution in [0.3, 0.4) is 0 Å². The van der Waals surface area contributed by atoms with Crippen LogP contribution in [0.15, 0.2) is 192 Å². The maximum Gasteiger partial charge on any atom is 0.224 e. The summed E-state index contributed by atoms with van der Waals surface area (Å²) in [5, 5.41) is 0. The molecule has 4 fully saturated rings. The van der Waals surface area contributed by atoms with Gasteiger partial charge in [0.15, 0.2) is 19.7 Å². The second kappa shape index (κ2) is 22.6. The molecule has 0 N–H and O–H groups in total. The fourth-order valence-electron chi connectivity index (χ4n) is 10.6. The number of rotatable bonds is 18. The molecule has 1 aliphatic carbocycles. The molecule has 12 nitrogen and oxygen atoms in total. The number of hydrogen-bond acceptors (Lipinski definition) is 12. The molecule has 6 aromatic carbocycles. The second-order valence-corrected chi connectivity index (χ2v) is 23.2. The summed E-state index contributed by atoms with van der Waals surface area (Å²) in [4.78, 5) is 0.368. The van der Waals surface area contributed by atoms with Gasteiger partial charge in [-0.3, -0.25) is 0 Å². The Bertz CT molecular complexity index is 2670. The first-order valence-electron chi connectivity index (χ1n) is 25.0. The van der Waals surface area contributed by atoms with Crippen LogP contribution in [-0.4, -0.2) is 88.7 Å². The van der Waals surface area contributed by atoms with Gasteiger partial charge in [0, 0.05) is 12.8 Å². The minimum atomic E-state index is -3.84. The highest BCUT2D eigenvalue weighted by Crippen LogP contribution is 2.55. The van der Waals surface area contributed by atoms with E-state index in [1.165, 1.54) is 0 Å². The van der Waals surface area contributed by atoms with Crippen LogP contribution in [0.2, 0.25) is 0 Å². The standard InChI is InChI=1S/C58H62O12S2/c59-71(60,49-31-15-5-16-32-49)41-47-29-19-35-57(67-47)58(36-20-30-48(68-58)42-72(61,62)50-33-17-6-18-34-50)70-56-54(66-40-46-27-13-4-14-28-46)52(64-38-44-23-9-2-10-24-44)51(63-37-43-21-7-1-8-22-43)53(55(56)69-57)65-39-45-25-11-3-12-26-45/h1-18,21-28,31-34,47-48,51-56H,19-20,29-30,35-42H2/t47-,48-,51+,52+,53-,54+,55+,56+,57-,58-/m1/s1. The molecular weight excluding hydrogens is 953 g/mol. The van der Waals surface area contributed by atoms with Crippen molar-refractivity contribution in [2.45, 2.75) is 135 Å². The average Bonchev–Trinajstić information content (AvgIpc) is 3.41. The van der Waals surface area contributed by atoms with E-state index >= 15 is 0 Å². The van der Waals surface area contributed by atoms with E-state index in [-0.39, 0.29) is 60.6 Å². The van der Waals surface area contributed by atoms with E-state index in [0.717, 1.165) is 22.3 Å². The van der Waals surface area contributed by atoms with Crippen LogP contribution in [0.1, 0.15) is 60.8 Å². The zero-order chi connectivity index (χ0) is 49.4. The molecule has 2 spiro atoms. The Morgan fingerprint density at radius 2 is 0.653 bits per heavy atom. The molecule has 0 aromatic heterocycles. The first-order chi connectivity index (χ1) is 35.1. The zero-order valence-electron chi connectivity index (χ0n) is 40.1. The molecule has 10 atom stereocenters. The van der Waals surface area contributed by atoms with E-state index in [9.17, 15) is 16.8 Å². The van der Waals surface area contributed by atoms with Crippen molar-refractivity contribution >= 4 is 19.7 Å².